The van der Waals surface area contributed by atoms with E-state index in [0.29, 0.717) is 11.7 Å². The number of hydrogen-bond acceptors (Lipinski definition) is 3. The van der Waals surface area contributed by atoms with Crippen molar-refractivity contribution in [2.75, 3.05) is 32.8 Å². The lowest BCUT2D eigenvalue weighted by Crippen LogP contribution is -2.47. The molecule has 1 atom stereocenters. The number of benzene rings is 1. The number of piperidine rings is 1. The number of aliphatic hydroxyl groups is 1. The van der Waals surface area contributed by atoms with E-state index < -0.39 is 11.9 Å². The molecule has 0 radical (unpaired) electrons. The van der Waals surface area contributed by atoms with Gasteiger partial charge in [0.15, 0.2) is 5.96 Å². The van der Waals surface area contributed by atoms with E-state index in [2.05, 4.69) is 15.2 Å². The van der Waals surface area contributed by atoms with Crippen molar-refractivity contribution >= 4 is 29.9 Å². The maximum Gasteiger partial charge on any atom is 0.194 e. The Bertz CT molecular complexity index is 632. The van der Waals surface area contributed by atoms with Crippen molar-refractivity contribution in [3.63, 3.8) is 0 Å². The van der Waals surface area contributed by atoms with Crippen LogP contribution in [0.2, 0.25) is 0 Å². The van der Waals surface area contributed by atoms with Crippen LogP contribution in [0.1, 0.15) is 57.1 Å². The molecule has 1 aliphatic carbocycles. The molecule has 0 spiro atoms. The van der Waals surface area contributed by atoms with Gasteiger partial charge in [-0.3, -0.25) is 4.99 Å². The van der Waals surface area contributed by atoms with Crippen LogP contribution in [-0.2, 0) is 4.74 Å². The van der Waals surface area contributed by atoms with Gasteiger partial charge in [0, 0.05) is 31.8 Å². The minimum absolute atomic E-state index is 0. The first-order valence-corrected chi connectivity index (χ1v) is 10.7. The molecular formula is C22H35FIN3O2. The first kappa shape index (κ1) is 24.3. The van der Waals surface area contributed by atoms with E-state index in [1.54, 1.807) is 18.2 Å². The van der Waals surface area contributed by atoms with Crippen LogP contribution in [0.4, 0.5) is 4.39 Å². The van der Waals surface area contributed by atoms with Crippen molar-refractivity contribution in [2.45, 2.75) is 57.7 Å². The number of guanidine groups is 1. The molecule has 0 aromatic heterocycles. The van der Waals surface area contributed by atoms with Crippen LogP contribution in [0.3, 0.4) is 0 Å². The smallest absolute Gasteiger partial charge is 0.194 e. The number of nitrogens with one attached hydrogen (secondary N) is 1. The normalized spacial score (nSPS) is 19.8. The van der Waals surface area contributed by atoms with E-state index in [9.17, 15) is 9.50 Å². The SMILES string of the molecule is CCNC(=NCC(O)c1ccccc1F)N1CCC(OCC2CCCC2)CC1.I. The van der Waals surface area contributed by atoms with Gasteiger partial charge < -0.3 is 20.1 Å². The Hall–Kier alpha value is -0.930. The molecule has 1 heterocycles. The molecule has 1 saturated heterocycles. The number of likely N-dealkylation sites (tertiary alicyclic amines) is 1. The Balaban J connectivity index is 0.00000300. The van der Waals surface area contributed by atoms with Crippen molar-refractivity contribution in [1.29, 1.82) is 0 Å². The van der Waals surface area contributed by atoms with E-state index in [1.807, 2.05) is 6.92 Å². The summed E-state index contributed by atoms with van der Waals surface area (Å²) in [7, 11) is 0. The lowest BCUT2D eigenvalue weighted by atomic mass is 10.1. The number of aliphatic hydroxyl groups excluding tert-OH is 1. The molecular weight excluding hydrogens is 484 g/mol. The summed E-state index contributed by atoms with van der Waals surface area (Å²) in [6, 6.07) is 6.32. The van der Waals surface area contributed by atoms with E-state index in [-0.39, 0.29) is 30.5 Å². The van der Waals surface area contributed by atoms with Crippen LogP contribution < -0.4 is 5.32 Å². The van der Waals surface area contributed by atoms with Crippen molar-refractivity contribution in [3.8, 4) is 0 Å². The van der Waals surface area contributed by atoms with Crippen LogP contribution in [0.25, 0.3) is 0 Å². The van der Waals surface area contributed by atoms with E-state index in [1.165, 1.54) is 31.7 Å². The highest BCUT2D eigenvalue weighted by Gasteiger charge is 2.24. The first-order chi connectivity index (χ1) is 13.7. The Morgan fingerprint density at radius 1 is 1.24 bits per heavy atom. The third kappa shape index (κ3) is 7.36. The van der Waals surface area contributed by atoms with Gasteiger partial charge in [-0.25, -0.2) is 4.39 Å². The predicted molar refractivity (Wildman–Crippen MR) is 125 cm³/mol. The quantitative estimate of drug-likeness (QED) is 0.324. The molecule has 3 rings (SSSR count). The topological polar surface area (TPSA) is 57.1 Å². The third-order valence-electron chi connectivity index (χ3n) is 5.80. The van der Waals surface area contributed by atoms with Gasteiger partial charge in [-0.2, -0.15) is 0 Å². The van der Waals surface area contributed by atoms with Crippen LogP contribution in [-0.4, -0.2) is 54.9 Å². The summed E-state index contributed by atoms with van der Waals surface area (Å²) in [4.78, 5) is 6.78. The minimum Gasteiger partial charge on any atom is -0.386 e. The number of hydrogen-bond donors (Lipinski definition) is 2. The molecule has 1 aliphatic heterocycles. The molecule has 1 aromatic carbocycles. The summed E-state index contributed by atoms with van der Waals surface area (Å²) in [6.45, 7) is 5.61. The summed E-state index contributed by atoms with van der Waals surface area (Å²) < 4.78 is 20.0. The molecule has 164 valence electrons. The largest absolute Gasteiger partial charge is 0.386 e. The average molecular weight is 519 g/mol. The Morgan fingerprint density at radius 2 is 1.93 bits per heavy atom. The summed E-state index contributed by atoms with van der Waals surface area (Å²) >= 11 is 0. The van der Waals surface area contributed by atoms with E-state index in [0.717, 1.165) is 51.0 Å². The van der Waals surface area contributed by atoms with Crippen LogP contribution in [0.5, 0.6) is 0 Å². The van der Waals surface area contributed by atoms with E-state index in [4.69, 9.17) is 4.74 Å². The standard InChI is InChI=1S/C22H34FN3O2.HI/c1-2-24-22(25-15-21(27)19-9-5-6-10-20(19)23)26-13-11-18(12-14-26)28-16-17-7-3-4-8-17;/h5-6,9-10,17-18,21,27H,2-4,7-8,11-16H2,1H3,(H,24,25);1H. The second-order valence-corrected chi connectivity index (χ2v) is 7.90. The molecule has 1 aromatic rings. The zero-order chi connectivity index (χ0) is 19.8. The van der Waals surface area contributed by atoms with Gasteiger partial charge in [0.25, 0.3) is 0 Å². The molecule has 5 nitrogen and oxygen atoms in total. The monoisotopic (exact) mass is 519 g/mol. The zero-order valence-corrected chi connectivity index (χ0v) is 19.7. The van der Waals surface area contributed by atoms with Gasteiger partial charge >= 0.3 is 0 Å². The fraction of sp³-hybridized carbons (Fsp3) is 0.682. The molecule has 2 N–H and O–H groups in total. The lowest BCUT2D eigenvalue weighted by Gasteiger charge is -2.34. The molecule has 29 heavy (non-hydrogen) atoms. The highest BCUT2D eigenvalue weighted by atomic mass is 127. The highest BCUT2D eigenvalue weighted by Crippen LogP contribution is 2.26. The van der Waals surface area contributed by atoms with Crippen LogP contribution >= 0.6 is 24.0 Å². The van der Waals surface area contributed by atoms with Gasteiger partial charge in [0.2, 0.25) is 0 Å². The average Bonchev–Trinajstić information content (AvgIpc) is 3.24. The van der Waals surface area contributed by atoms with E-state index >= 15 is 0 Å². The van der Waals surface area contributed by atoms with Gasteiger partial charge in [0.05, 0.1) is 12.6 Å². The second kappa shape index (κ2) is 12.7. The number of ether oxygens (including phenoxy) is 1. The second-order valence-electron chi connectivity index (χ2n) is 7.90. The Kier molecular flexibility index (Phi) is 10.7. The van der Waals surface area contributed by atoms with Gasteiger partial charge in [-0.1, -0.05) is 31.0 Å². The molecule has 2 aliphatic rings. The first-order valence-electron chi connectivity index (χ1n) is 10.7. The minimum atomic E-state index is -0.942. The highest BCUT2D eigenvalue weighted by molar-refractivity contribution is 14.0. The molecule has 0 amide bonds. The van der Waals surface area contributed by atoms with Crippen molar-refractivity contribution in [2.24, 2.45) is 10.9 Å². The Labute approximate surface area is 191 Å². The van der Waals surface area contributed by atoms with Crippen molar-refractivity contribution in [1.82, 2.24) is 10.2 Å². The fourth-order valence-corrected chi connectivity index (χ4v) is 4.13. The van der Waals surface area contributed by atoms with Crippen LogP contribution in [0.15, 0.2) is 29.3 Å². The number of aliphatic imine (C=N–C) groups is 1. The molecule has 1 unspecified atom stereocenters. The molecule has 2 fully saturated rings. The van der Waals surface area contributed by atoms with Gasteiger partial charge in [-0.15, -0.1) is 24.0 Å². The summed E-state index contributed by atoms with van der Waals surface area (Å²) in [5.74, 6) is 1.15. The Morgan fingerprint density at radius 3 is 2.59 bits per heavy atom. The van der Waals surface area contributed by atoms with Crippen molar-refractivity contribution in [3.05, 3.63) is 35.6 Å². The van der Waals surface area contributed by atoms with Crippen molar-refractivity contribution < 1.29 is 14.2 Å². The number of nitrogens with zero attached hydrogens (tertiary/aromatic N) is 2. The maximum atomic E-state index is 13.8. The molecule has 1 saturated carbocycles. The van der Waals surface area contributed by atoms with Gasteiger partial charge in [0.1, 0.15) is 11.9 Å². The summed E-state index contributed by atoms with van der Waals surface area (Å²) in [6.07, 6.45) is 6.73. The fourth-order valence-electron chi connectivity index (χ4n) is 4.13. The predicted octanol–water partition coefficient (Wildman–Crippen LogP) is 4.11. The molecule has 7 heteroatoms. The molecule has 0 bridgehead atoms. The maximum absolute atomic E-state index is 13.8. The summed E-state index contributed by atoms with van der Waals surface area (Å²) in [5, 5.41) is 13.6. The number of rotatable bonds is 7. The third-order valence-corrected chi connectivity index (χ3v) is 5.80. The number of halogens is 2. The lowest BCUT2D eigenvalue weighted by molar-refractivity contribution is 0.000978. The summed E-state index contributed by atoms with van der Waals surface area (Å²) in [5.41, 5.74) is 0.293. The van der Waals surface area contributed by atoms with Gasteiger partial charge in [-0.05, 0) is 44.6 Å². The zero-order valence-electron chi connectivity index (χ0n) is 17.4. The van der Waals surface area contributed by atoms with Crippen LogP contribution in [0, 0.1) is 11.7 Å².